The van der Waals surface area contributed by atoms with Crippen molar-refractivity contribution in [1.82, 2.24) is 19.8 Å². The van der Waals surface area contributed by atoms with Crippen LogP contribution >= 0.6 is 0 Å². The second-order valence-corrected chi connectivity index (χ2v) is 7.76. The largest absolute Gasteiger partial charge is 0.373 e. The van der Waals surface area contributed by atoms with Crippen LogP contribution in [0.15, 0.2) is 18.5 Å². The Balaban J connectivity index is 1.63. The fraction of sp³-hybridized carbons (Fsp3) is 0.737. The molecular formula is C19H31N5O2. The number of hydrogen-bond acceptors (Lipinski definition) is 6. The molecular weight excluding hydrogens is 330 g/mol. The lowest BCUT2D eigenvalue weighted by Gasteiger charge is -2.44. The van der Waals surface area contributed by atoms with Crippen molar-refractivity contribution in [3.8, 4) is 0 Å². The molecule has 3 heterocycles. The van der Waals surface area contributed by atoms with Crippen molar-refractivity contribution in [2.75, 3.05) is 44.2 Å². The average molecular weight is 361 g/mol. The van der Waals surface area contributed by atoms with E-state index < -0.39 is 0 Å². The van der Waals surface area contributed by atoms with Crippen LogP contribution in [-0.2, 0) is 9.53 Å². The van der Waals surface area contributed by atoms with Crippen LogP contribution in [0.1, 0.15) is 27.7 Å². The molecule has 1 aromatic rings. The van der Waals surface area contributed by atoms with E-state index in [-0.39, 0.29) is 30.1 Å². The lowest BCUT2D eigenvalue weighted by molar-refractivity contribution is -0.145. The Labute approximate surface area is 156 Å². The van der Waals surface area contributed by atoms with Crippen LogP contribution in [-0.4, -0.2) is 83.2 Å². The van der Waals surface area contributed by atoms with Crippen LogP contribution in [0.2, 0.25) is 0 Å². The Morgan fingerprint density at radius 1 is 1.08 bits per heavy atom. The summed E-state index contributed by atoms with van der Waals surface area (Å²) in [6, 6.07) is 1.74. The van der Waals surface area contributed by atoms with E-state index in [2.05, 4.69) is 47.5 Å². The van der Waals surface area contributed by atoms with Gasteiger partial charge in [-0.3, -0.25) is 9.69 Å². The minimum absolute atomic E-state index is 0.0803. The molecule has 1 aromatic heterocycles. The number of morpholine rings is 1. The summed E-state index contributed by atoms with van der Waals surface area (Å²) in [6.07, 6.45) is 3.85. The summed E-state index contributed by atoms with van der Waals surface area (Å²) in [5.41, 5.74) is 0. The number of anilines is 1. The van der Waals surface area contributed by atoms with Crippen LogP contribution < -0.4 is 4.90 Å². The molecule has 0 N–H and O–H groups in total. The number of carbonyl (C=O) groups is 1. The molecule has 3 rings (SSSR count). The van der Waals surface area contributed by atoms with Gasteiger partial charge in [-0.25, -0.2) is 9.97 Å². The lowest BCUT2D eigenvalue weighted by Crippen LogP contribution is -2.60. The standard InChI is InChI=1S/C19H31N5O2/c1-14(2)17(24-12-15(3)26-16(4)13-24)18(25)22-8-10-23(11-9-22)19-20-6-5-7-21-19/h5-7,14-17H,8-13H2,1-4H3/t15-,16-,17-/m1/s1. The number of carbonyl (C=O) groups excluding carboxylic acids is 1. The van der Waals surface area contributed by atoms with E-state index in [1.54, 1.807) is 12.4 Å². The molecule has 7 heteroatoms. The van der Waals surface area contributed by atoms with Gasteiger partial charge in [-0.2, -0.15) is 0 Å². The van der Waals surface area contributed by atoms with Crippen molar-refractivity contribution < 1.29 is 9.53 Å². The molecule has 0 aliphatic carbocycles. The highest BCUT2D eigenvalue weighted by molar-refractivity contribution is 5.82. The fourth-order valence-electron chi connectivity index (χ4n) is 4.08. The second-order valence-electron chi connectivity index (χ2n) is 7.76. The van der Waals surface area contributed by atoms with Gasteiger partial charge in [0.05, 0.1) is 18.2 Å². The molecule has 0 aromatic carbocycles. The van der Waals surface area contributed by atoms with E-state index in [4.69, 9.17) is 4.74 Å². The van der Waals surface area contributed by atoms with Gasteiger partial charge in [-0.15, -0.1) is 0 Å². The second kappa shape index (κ2) is 8.31. The molecule has 2 fully saturated rings. The maximum absolute atomic E-state index is 13.3. The predicted molar refractivity (Wildman–Crippen MR) is 101 cm³/mol. The minimum atomic E-state index is -0.0803. The first-order valence-electron chi connectivity index (χ1n) is 9.66. The summed E-state index contributed by atoms with van der Waals surface area (Å²) < 4.78 is 5.85. The number of amides is 1. The fourth-order valence-corrected chi connectivity index (χ4v) is 4.08. The van der Waals surface area contributed by atoms with Crippen LogP contribution in [0.4, 0.5) is 5.95 Å². The van der Waals surface area contributed by atoms with E-state index in [1.165, 1.54) is 0 Å². The molecule has 0 saturated carbocycles. The molecule has 1 amide bonds. The van der Waals surface area contributed by atoms with E-state index in [1.807, 2.05) is 11.0 Å². The summed E-state index contributed by atoms with van der Waals surface area (Å²) in [5.74, 6) is 1.27. The number of piperazine rings is 1. The molecule has 0 spiro atoms. The monoisotopic (exact) mass is 361 g/mol. The van der Waals surface area contributed by atoms with Gasteiger partial charge in [0.15, 0.2) is 0 Å². The molecule has 0 bridgehead atoms. The van der Waals surface area contributed by atoms with Gasteiger partial charge in [0, 0.05) is 51.7 Å². The normalized spacial score (nSPS) is 26.2. The molecule has 3 atom stereocenters. The first-order chi connectivity index (χ1) is 12.5. The zero-order valence-electron chi connectivity index (χ0n) is 16.3. The van der Waals surface area contributed by atoms with Crippen molar-refractivity contribution in [1.29, 1.82) is 0 Å². The maximum atomic E-state index is 13.3. The summed E-state index contributed by atoms with van der Waals surface area (Å²) >= 11 is 0. The molecule has 26 heavy (non-hydrogen) atoms. The van der Waals surface area contributed by atoms with Crippen molar-refractivity contribution in [2.45, 2.75) is 45.9 Å². The van der Waals surface area contributed by atoms with Crippen molar-refractivity contribution in [3.63, 3.8) is 0 Å². The van der Waals surface area contributed by atoms with Crippen LogP contribution in [0.3, 0.4) is 0 Å². The Bertz CT molecular complexity index is 579. The average Bonchev–Trinajstić information content (AvgIpc) is 2.61. The summed E-state index contributed by atoms with van der Waals surface area (Å²) in [6.45, 7) is 13.1. The van der Waals surface area contributed by atoms with E-state index in [9.17, 15) is 4.79 Å². The van der Waals surface area contributed by atoms with Gasteiger partial charge >= 0.3 is 0 Å². The van der Waals surface area contributed by atoms with Crippen LogP contribution in [0.5, 0.6) is 0 Å². The topological polar surface area (TPSA) is 61.8 Å². The maximum Gasteiger partial charge on any atom is 0.240 e. The van der Waals surface area contributed by atoms with E-state index in [0.717, 1.165) is 45.2 Å². The highest BCUT2D eigenvalue weighted by Crippen LogP contribution is 2.21. The number of aromatic nitrogens is 2. The molecule has 2 aliphatic heterocycles. The predicted octanol–water partition coefficient (Wildman–Crippen LogP) is 1.26. The van der Waals surface area contributed by atoms with E-state index in [0.29, 0.717) is 0 Å². The smallest absolute Gasteiger partial charge is 0.240 e. The molecule has 144 valence electrons. The lowest BCUT2D eigenvalue weighted by atomic mass is 9.98. The Kier molecular flexibility index (Phi) is 6.09. The number of nitrogens with zero attached hydrogens (tertiary/aromatic N) is 5. The highest BCUT2D eigenvalue weighted by atomic mass is 16.5. The van der Waals surface area contributed by atoms with Crippen LogP contribution in [0, 0.1) is 5.92 Å². The van der Waals surface area contributed by atoms with Gasteiger partial charge in [-0.05, 0) is 25.8 Å². The molecule has 2 aliphatic rings. The van der Waals surface area contributed by atoms with Gasteiger partial charge < -0.3 is 14.5 Å². The van der Waals surface area contributed by atoms with E-state index >= 15 is 0 Å². The Hall–Kier alpha value is -1.73. The third-order valence-electron chi connectivity index (χ3n) is 5.15. The number of ether oxygens (including phenoxy) is 1. The first kappa shape index (κ1) is 19.0. The third-order valence-corrected chi connectivity index (χ3v) is 5.15. The Morgan fingerprint density at radius 2 is 1.65 bits per heavy atom. The summed E-state index contributed by atoms with van der Waals surface area (Å²) in [7, 11) is 0. The van der Waals surface area contributed by atoms with Crippen LogP contribution in [0.25, 0.3) is 0 Å². The summed E-state index contributed by atoms with van der Waals surface area (Å²) in [4.78, 5) is 28.4. The van der Waals surface area contributed by atoms with Gasteiger partial charge in [0.1, 0.15) is 0 Å². The van der Waals surface area contributed by atoms with Gasteiger partial charge in [-0.1, -0.05) is 13.8 Å². The quantitative estimate of drug-likeness (QED) is 0.805. The van der Waals surface area contributed by atoms with Crippen molar-refractivity contribution >= 4 is 11.9 Å². The van der Waals surface area contributed by atoms with Gasteiger partial charge in [0.2, 0.25) is 11.9 Å². The SMILES string of the molecule is CC(C)[C@H](C(=O)N1CCN(c2ncccn2)CC1)N1C[C@@H](C)O[C@H](C)C1. The molecule has 0 radical (unpaired) electrons. The number of rotatable bonds is 4. The highest BCUT2D eigenvalue weighted by Gasteiger charge is 2.37. The first-order valence-corrected chi connectivity index (χ1v) is 9.66. The van der Waals surface area contributed by atoms with Crippen molar-refractivity contribution in [2.24, 2.45) is 5.92 Å². The van der Waals surface area contributed by atoms with Crippen molar-refractivity contribution in [3.05, 3.63) is 18.5 Å². The van der Waals surface area contributed by atoms with Gasteiger partial charge in [0.25, 0.3) is 0 Å². The minimum Gasteiger partial charge on any atom is -0.373 e. The zero-order chi connectivity index (χ0) is 18.7. The zero-order valence-corrected chi connectivity index (χ0v) is 16.3. The summed E-state index contributed by atoms with van der Waals surface area (Å²) in [5, 5.41) is 0. The molecule has 0 unspecified atom stereocenters. The Morgan fingerprint density at radius 3 is 2.19 bits per heavy atom. The number of hydrogen-bond donors (Lipinski definition) is 0. The third kappa shape index (κ3) is 4.32. The molecule has 7 nitrogen and oxygen atoms in total. The molecule has 2 saturated heterocycles.